The molecule has 0 aliphatic heterocycles. The van der Waals surface area contributed by atoms with Gasteiger partial charge in [-0.15, -0.1) is 0 Å². The van der Waals surface area contributed by atoms with Crippen molar-refractivity contribution in [2.45, 2.75) is 51.4 Å². The third-order valence-corrected chi connectivity index (χ3v) is 6.89. The molecule has 204 valence electrons. The van der Waals surface area contributed by atoms with Crippen molar-refractivity contribution in [2.24, 2.45) is 0 Å². The van der Waals surface area contributed by atoms with Crippen LogP contribution in [0.25, 0.3) is 22.4 Å². The van der Waals surface area contributed by atoms with Gasteiger partial charge >= 0.3 is 0 Å². The number of aromatic nitrogens is 1. The number of hydrogen-bond acceptors (Lipinski definition) is 4. The Hall–Kier alpha value is -3.78. The Morgan fingerprint density at radius 2 is 1.49 bits per heavy atom. The minimum Gasteiger partial charge on any atom is -0.396 e. The molecule has 1 amide bonds. The number of para-hydroxylation sites is 1. The Morgan fingerprint density at radius 1 is 0.872 bits per heavy atom. The number of nitrogens with zero attached hydrogens (tertiary/aromatic N) is 1. The van der Waals surface area contributed by atoms with Gasteiger partial charge in [-0.05, 0) is 80.1 Å². The van der Waals surface area contributed by atoms with Crippen molar-refractivity contribution in [1.82, 2.24) is 4.57 Å². The Bertz CT molecular complexity index is 1350. The van der Waals surface area contributed by atoms with E-state index < -0.39 is 12.2 Å². The topological polar surface area (TPSA) is 94.7 Å². The van der Waals surface area contributed by atoms with E-state index in [0.717, 1.165) is 28.1 Å². The maximum absolute atomic E-state index is 13.9. The highest BCUT2D eigenvalue weighted by molar-refractivity contribution is 6.12. The van der Waals surface area contributed by atoms with Gasteiger partial charge in [0.15, 0.2) is 0 Å². The van der Waals surface area contributed by atoms with Gasteiger partial charge in [-0.25, -0.2) is 4.39 Å². The van der Waals surface area contributed by atoms with Gasteiger partial charge < -0.3 is 25.2 Å². The van der Waals surface area contributed by atoms with Gasteiger partial charge in [0.05, 0.1) is 23.5 Å². The summed E-state index contributed by atoms with van der Waals surface area (Å²) in [6, 6.07) is 25.0. The molecule has 0 saturated heterocycles. The summed E-state index contributed by atoms with van der Waals surface area (Å²) in [5.41, 5.74) is 4.96. The standard InChI is InChI=1S/C32H35FN2O4/c1-22-29(32(39)34-26-11-6-3-7-12-26)30(23-9-4-2-5-10-23)31(24-14-16-25(33)17-15-24)35(22)19-18-28(38)21-27(37)13-8-20-36/h2-7,9-12,14-17,27-28,36-38H,8,13,18-21H2,1H3,(H,34,39). The number of carbonyl (C=O) groups is 1. The van der Waals surface area contributed by atoms with Crippen molar-refractivity contribution in [3.63, 3.8) is 0 Å². The van der Waals surface area contributed by atoms with E-state index in [4.69, 9.17) is 5.11 Å². The number of amides is 1. The Kier molecular flexibility index (Phi) is 9.65. The smallest absolute Gasteiger partial charge is 0.258 e. The first-order valence-electron chi connectivity index (χ1n) is 13.3. The molecule has 0 fully saturated rings. The molecule has 1 heterocycles. The van der Waals surface area contributed by atoms with E-state index >= 15 is 0 Å². The van der Waals surface area contributed by atoms with Crippen LogP contribution in [0.1, 0.15) is 41.7 Å². The maximum atomic E-state index is 13.9. The fourth-order valence-electron chi connectivity index (χ4n) is 4.96. The largest absolute Gasteiger partial charge is 0.396 e. The zero-order valence-corrected chi connectivity index (χ0v) is 22.1. The first-order valence-corrected chi connectivity index (χ1v) is 13.3. The van der Waals surface area contributed by atoms with Crippen LogP contribution < -0.4 is 5.32 Å². The molecule has 0 aliphatic carbocycles. The number of aliphatic hydroxyl groups is 3. The van der Waals surface area contributed by atoms with Crippen LogP contribution in [-0.2, 0) is 6.54 Å². The summed E-state index contributed by atoms with van der Waals surface area (Å²) in [5.74, 6) is -0.621. The van der Waals surface area contributed by atoms with E-state index in [9.17, 15) is 19.4 Å². The quantitative estimate of drug-likeness (QED) is 0.186. The molecule has 7 heteroatoms. The van der Waals surface area contributed by atoms with Crippen molar-refractivity contribution in [1.29, 1.82) is 0 Å². The molecule has 4 N–H and O–H groups in total. The molecule has 2 atom stereocenters. The minimum absolute atomic E-state index is 0.00711. The molecule has 0 radical (unpaired) electrons. The predicted octanol–water partition coefficient (Wildman–Crippen LogP) is 5.80. The van der Waals surface area contributed by atoms with Gasteiger partial charge in [0.1, 0.15) is 5.82 Å². The Labute approximate surface area is 228 Å². The highest BCUT2D eigenvalue weighted by Gasteiger charge is 2.27. The average Bonchev–Trinajstić information content (AvgIpc) is 3.24. The lowest BCUT2D eigenvalue weighted by Crippen LogP contribution is -2.20. The summed E-state index contributed by atoms with van der Waals surface area (Å²) in [6.45, 7) is 2.25. The second-order valence-corrected chi connectivity index (χ2v) is 9.73. The number of hydrogen-bond donors (Lipinski definition) is 4. The summed E-state index contributed by atoms with van der Waals surface area (Å²) in [6.07, 6.45) is -0.0595. The van der Waals surface area contributed by atoms with Crippen molar-refractivity contribution >= 4 is 11.6 Å². The zero-order valence-electron chi connectivity index (χ0n) is 22.1. The van der Waals surface area contributed by atoms with Crippen LogP contribution in [0.2, 0.25) is 0 Å². The second-order valence-electron chi connectivity index (χ2n) is 9.73. The van der Waals surface area contributed by atoms with Crippen LogP contribution in [0.3, 0.4) is 0 Å². The number of rotatable bonds is 12. The number of anilines is 1. The van der Waals surface area contributed by atoms with Crippen LogP contribution in [0, 0.1) is 12.7 Å². The number of benzene rings is 3. The summed E-state index contributed by atoms with van der Waals surface area (Å²) >= 11 is 0. The third kappa shape index (κ3) is 7.00. The SMILES string of the molecule is Cc1c(C(=O)Nc2ccccc2)c(-c2ccccc2)c(-c2ccc(F)cc2)n1CCC(O)CC(O)CCCO. The van der Waals surface area contributed by atoms with Crippen LogP contribution in [0.15, 0.2) is 84.9 Å². The van der Waals surface area contributed by atoms with Crippen molar-refractivity contribution < 1.29 is 24.5 Å². The molecule has 39 heavy (non-hydrogen) atoms. The van der Waals surface area contributed by atoms with Gasteiger partial charge in [-0.1, -0.05) is 48.5 Å². The number of nitrogens with one attached hydrogen (secondary N) is 1. The molecule has 4 rings (SSSR count). The molecule has 0 spiro atoms. The molecule has 0 saturated carbocycles. The van der Waals surface area contributed by atoms with E-state index in [-0.39, 0.29) is 24.8 Å². The molecule has 1 aromatic heterocycles. The molecular weight excluding hydrogens is 495 g/mol. The number of carbonyl (C=O) groups excluding carboxylic acids is 1. The van der Waals surface area contributed by atoms with E-state index in [1.807, 2.05) is 72.2 Å². The number of aliphatic hydroxyl groups excluding tert-OH is 3. The first-order chi connectivity index (χ1) is 18.9. The fraction of sp³-hybridized carbons (Fsp3) is 0.281. The summed E-state index contributed by atoms with van der Waals surface area (Å²) in [4.78, 5) is 13.8. The molecular formula is C32H35FN2O4. The first kappa shape index (κ1) is 28.2. The molecule has 4 aromatic rings. The lowest BCUT2D eigenvalue weighted by Gasteiger charge is -2.18. The lowest BCUT2D eigenvalue weighted by atomic mass is 9.96. The average molecular weight is 531 g/mol. The van der Waals surface area contributed by atoms with Gasteiger partial charge in [0, 0.05) is 30.1 Å². The number of halogens is 1. The molecule has 3 aromatic carbocycles. The van der Waals surface area contributed by atoms with Crippen molar-refractivity contribution in [3.8, 4) is 22.4 Å². The van der Waals surface area contributed by atoms with E-state index in [0.29, 0.717) is 37.1 Å². The summed E-state index contributed by atoms with van der Waals surface area (Å²) < 4.78 is 15.9. The van der Waals surface area contributed by atoms with E-state index in [1.165, 1.54) is 12.1 Å². The summed E-state index contributed by atoms with van der Waals surface area (Å²) in [5, 5.41) is 32.9. The zero-order chi connectivity index (χ0) is 27.8. The third-order valence-electron chi connectivity index (χ3n) is 6.89. The van der Waals surface area contributed by atoms with E-state index in [1.54, 1.807) is 12.1 Å². The van der Waals surface area contributed by atoms with Gasteiger partial charge in [0.2, 0.25) is 0 Å². The van der Waals surface area contributed by atoms with Gasteiger partial charge in [0.25, 0.3) is 5.91 Å². The van der Waals surface area contributed by atoms with Crippen molar-refractivity contribution in [2.75, 3.05) is 11.9 Å². The lowest BCUT2D eigenvalue weighted by molar-refractivity contribution is 0.0645. The monoisotopic (exact) mass is 530 g/mol. The Balaban J connectivity index is 1.79. The molecule has 0 bridgehead atoms. The molecule has 0 aliphatic rings. The Morgan fingerprint density at radius 3 is 2.13 bits per heavy atom. The predicted molar refractivity (Wildman–Crippen MR) is 152 cm³/mol. The van der Waals surface area contributed by atoms with Gasteiger partial charge in [-0.2, -0.15) is 0 Å². The van der Waals surface area contributed by atoms with Crippen LogP contribution in [0.4, 0.5) is 10.1 Å². The van der Waals surface area contributed by atoms with Gasteiger partial charge in [-0.3, -0.25) is 4.79 Å². The van der Waals surface area contributed by atoms with E-state index in [2.05, 4.69) is 5.32 Å². The molecule has 2 unspecified atom stereocenters. The second kappa shape index (κ2) is 13.3. The normalized spacial score (nSPS) is 12.7. The van der Waals surface area contributed by atoms with Crippen molar-refractivity contribution in [3.05, 3.63) is 102 Å². The summed E-state index contributed by atoms with van der Waals surface area (Å²) in [7, 11) is 0. The fourth-order valence-corrected chi connectivity index (χ4v) is 4.96. The van der Waals surface area contributed by atoms with Crippen LogP contribution in [-0.4, -0.2) is 44.6 Å². The van der Waals surface area contributed by atoms with Crippen LogP contribution in [0.5, 0.6) is 0 Å². The van der Waals surface area contributed by atoms with Crippen LogP contribution >= 0.6 is 0 Å². The highest BCUT2D eigenvalue weighted by Crippen LogP contribution is 2.40. The highest BCUT2D eigenvalue weighted by atomic mass is 19.1. The molecule has 6 nitrogen and oxygen atoms in total. The maximum Gasteiger partial charge on any atom is 0.258 e. The minimum atomic E-state index is -0.775.